The molecule has 0 heterocycles. The Morgan fingerprint density at radius 2 is 1.41 bits per heavy atom. The van der Waals surface area contributed by atoms with Crippen LogP contribution in [0.25, 0.3) is 0 Å². The van der Waals surface area contributed by atoms with Crippen molar-refractivity contribution >= 4 is 8.56 Å². The van der Waals surface area contributed by atoms with Crippen LogP contribution in [0.1, 0.15) is 48.0 Å². The SMILES string of the molecule is CCNCC(C)CC(OCC)(OCC)[Si](C)(OCC)OCC. The third-order valence-corrected chi connectivity index (χ3v) is 7.20. The molecule has 0 saturated carbocycles. The molecule has 0 bridgehead atoms. The van der Waals surface area contributed by atoms with Crippen LogP contribution in [0.4, 0.5) is 0 Å². The van der Waals surface area contributed by atoms with Crippen LogP contribution in [0, 0.1) is 5.92 Å². The standard InChI is InChI=1S/C16H37NO4Si/c1-8-17-14-15(6)13-16(18-9-2,19-10-3)22(7,20-11-4)21-12-5/h15,17H,8-14H2,1-7H3. The average molecular weight is 336 g/mol. The van der Waals surface area contributed by atoms with E-state index in [1.807, 2.05) is 27.7 Å². The summed E-state index contributed by atoms with van der Waals surface area (Å²) < 4.78 is 24.5. The van der Waals surface area contributed by atoms with Crippen LogP contribution < -0.4 is 5.32 Å². The van der Waals surface area contributed by atoms with E-state index in [9.17, 15) is 0 Å². The number of ether oxygens (including phenoxy) is 2. The molecule has 0 rings (SSSR count). The molecule has 5 nitrogen and oxygen atoms in total. The van der Waals surface area contributed by atoms with Gasteiger partial charge in [0.05, 0.1) is 0 Å². The monoisotopic (exact) mass is 335 g/mol. The van der Waals surface area contributed by atoms with E-state index >= 15 is 0 Å². The van der Waals surface area contributed by atoms with Gasteiger partial charge in [-0.1, -0.05) is 13.8 Å². The van der Waals surface area contributed by atoms with Gasteiger partial charge in [-0.2, -0.15) is 0 Å². The molecule has 22 heavy (non-hydrogen) atoms. The van der Waals surface area contributed by atoms with Crippen molar-refractivity contribution in [1.29, 1.82) is 0 Å². The summed E-state index contributed by atoms with van der Waals surface area (Å²) in [5.74, 6) is 0.408. The topological polar surface area (TPSA) is 49.0 Å². The Morgan fingerprint density at radius 3 is 1.77 bits per heavy atom. The molecule has 6 heteroatoms. The molecular weight excluding hydrogens is 298 g/mol. The highest BCUT2D eigenvalue weighted by Gasteiger charge is 2.57. The maximum Gasteiger partial charge on any atom is 0.396 e. The van der Waals surface area contributed by atoms with Gasteiger partial charge in [-0.25, -0.2) is 0 Å². The highest BCUT2D eigenvalue weighted by atomic mass is 28.4. The fraction of sp³-hybridized carbons (Fsp3) is 1.00. The Morgan fingerprint density at radius 1 is 0.909 bits per heavy atom. The number of hydrogen-bond donors (Lipinski definition) is 1. The Balaban J connectivity index is 5.41. The van der Waals surface area contributed by atoms with Gasteiger partial charge in [0.1, 0.15) is 0 Å². The molecule has 0 fully saturated rings. The van der Waals surface area contributed by atoms with E-state index < -0.39 is 14.0 Å². The second kappa shape index (κ2) is 11.5. The van der Waals surface area contributed by atoms with E-state index in [0.29, 0.717) is 32.3 Å². The smallest absolute Gasteiger partial charge is 0.392 e. The lowest BCUT2D eigenvalue weighted by Gasteiger charge is -2.45. The van der Waals surface area contributed by atoms with Crippen LogP contribution in [-0.4, -0.2) is 53.5 Å². The minimum Gasteiger partial charge on any atom is -0.392 e. The Labute approximate surface area is 138 Å². The summed E-state index contributed by atoms with van der Waals surface area (Å²) in [6.07, 6.45) is 0.768. The second-order valence-electron chi connectivity index (χ2n) is 5.55. The largest absolute Gasteiger partial charge is 0.396 e. The zero-order valence-electron chi connectivity index (χ0n) is 15.7. The molecule has 1 N–H and O–H groups in total. The summed E-state index contributed by atoms with van der Waals surface area (Å²) in [5.41, 5.74) is -0.767. The first-order valence-corrected chi connectivity index (χ1v) is 11.0. The van der Waals surface area contributed by atoms with Gasteiger partial charge in [-0.05, 0) is 53.2 Å². The van der Waals surface area contributed by atoms with Gasteiger partial charge in [0.2, 0.25) is 5.41 Å². The molecule has 134 valence electrons. The predicted molar refractivity (Wildman–Crippen MR) is 93.2 cm³/mol. The fourth-order valence-corrected chi connectivity index (χ4v) is 5.96. The van der Waals surface area contributed by atoms with E-state index in [2.05, 4.69) is 25.7 Å². The summed E-state index contributed by atoms with van der Waals surface area (Å²) in [6, 6.07) is 0. The summed E-state index contributed by atoms with van der Waals surface area (Å²) in [4.78, 5) is 0. The molecule has 0 aromatic carbocycles. The van der Waals surface area contributed by atoms with E-state index in [4.69, 9.17) is 18.3 Å². The van der Waals surface area contributed by atoms with Crippen molar-refractivity contribution in [2.45, 2.75) is 59.9 Å². The summed E-state index contributed by atoms with van der Waals surface area (Å²) in [7, 11) is -2.65. The zero-order valence-corrected chi connectivity index (χ0v) is 16.7. The first-order chi connectivity index (χ1) is 10.4. The van der Waals surface area contributed by atoms with Crippen molar-refractivity contribution in [2.75, 3.05) is 39.5 Å². The van der Waals surface area contributed by atoms with Gasteiger partial charge in [-0.3, -0.25) is 0 Å². The summed E-state index contributed by atoms with van der Waals surface area (Å²) in [5, 5.41) is 3.39. The normalized spacial score (nSPS) is 14.3. The number of hydrogen-bond acceptors (Lipinski definition) is 5. The van der Waals surface area contributed by atoms with Crippen molar-refractivity contribution in [3.63, 3.8) is 0 Å². The van der Waals surface area contributed by atoms with Gasteiger partial charge in [0.25, 0.3) is 0 Å². The van der Waals surface area contributed by atoms with E-state index in [1.165, 1.54) is 0 Å². The van der Waals surface area contributed by atoms with Crippen LogP contribution in [0.15, 0.2) is 0 Å². The molecule has 0 aliphatic heterocycles. The molecule has 0 spiro atoms. The minimum atomic E-state index is -2.65. The van der Waals surface area contributed by atoms with Gasteiger partial charge >= 0.3 is 8.56 Å². The van der Waals surface area contributed by atoms with Crippen LogP contribution in [0.2, 0.25) is 6.55 Å². The van der Waals surface area contributed by atoms with Crippen LogP contribution in [-0.2, 0) is 18.3 Å². The lowest BCUT2D eigenvalue weighted by atomic mass is 10.1. The molecule has 1 unspecified atom stereocenters. The summed E-state index contributed by atoms with van der Waals surface area (Å²) >= 11 is 0. The Bertz CT molecular complexity index is 267. The Kier molecular flexibility index (Phi) is 11.5. The van der Waals surface area contributed by atoms with E-state index in [-0.39, 0.29) is 0 Å². The number of rotatable bonds is 14. The third kappa shape index (κ3) is 6.26. The minimum absolute atomic E-state index is 0.408. The van der Waals surface area contributed by atoms with Gasteiger partial charge in [0, 0.05) is 32.8 Å². The van der Waals surface area contributed by atoms with Crippen LogP contribution >= 0.6 is 0 Å². The molecule has 0 aliphatic rings. The second-order valence-corrected chi connectivity index (χ2v) is 8.78. The Hall–Kier alpha value is 0.0169. The van der Waals surface area contributed by atoms with Crippen LogP contribution in [0.3, 0.4) is 0 Å². The predicted octanol–water partition coefficient (Wildman–Crippen LogP) is 3.08. The molecule has 0 aromatic heterocycles. The van der Waals surface area contributed by atoms with Crippen molar-refractivity contribution in [3.8, 4) is 0 Å². The molecular formula is C16H37NO4Si. The highest BCUT2D eigenvalue weighted by Crippen LogP contribution is 2.35. The maximum atomic E-state index is 6.15. The molecule has 0 saturated heterocycles. The van der Waals surface area contributed by atoms with Crippen molar-refractivity contribution in [2.24, 2.45) is 5.92 Å². The van der Waals surface area contributed by atoms with E-state index in [0.717, 1.165) is 19.5 Å². The quantitative estimate of drug-likeness (QED) is 0.390. The lowest BCUT2D eigenvalue weighted by Crippen LogP contribution is -2.65. The molecule has 0 aromatic rings. The summed E-state index contributed by atoms with van der Waals surface area (Å²) in [6.45, 7) is 18.6. The van der Waals surface area contributed by atoms with Gasteiger partial charge < -0.3 is 23.6 Å². The van der Waals surface area contributed by atoms with Crippen molar-refractivity contribution in [1.82, 2.24) is 5.32 Å². The fourth-order valence-electron chi connectivity index (χ4n) is 2.81. The highest BCUT2D eigenvalue weighted by molar-refractivity contribution is 6.68. The molecule has 1 atom stereocenters. The number of nitrogens with one attached hydrogen (secondary N) is 1. The first-order valence-electron chi connectivity index (χ1n) is 8.71. The van der Waals surface area contributed by atoms with Crippen LogP contribution in [0.5, 0.6) is 0 Å². The van der Waals surface area contributed by atoms with Crippen molar-refractivity contribution < 1.29 is 18.3 Å². The molecule has 0 amide bonds. The average Bonchev–Trinajstić information content (AvgIpc) is 2.46. The first kappa shape index (κ1) is 22.0. The molecule has 0 aliphatic carbocycles. The van der Waals surface area contributed by atoms with Gasteiger partial charge in [0.15, 0.2) is 0 Å². The van der Waals surface area contributed by atoms with Gasteiger partial charge in [-0.15, -0.1) is 0 Å². The van der Waals surface area contributed by atoms with E-state index in [1.54, 1.807) is 0 Å². The maximum absolute atomic E-state index is 6.15. The zero-order chi connectivity index (χ0) is 17.1. The lowest BCUT2D eigenvalue weighted by molar-refractivity contribution is -0.211. The van der Waals surface area contributed by atoms with Crippen molar-refractivity contribution in [3.05, 3.63) is 0 Å². The molecule has 0 radical (unpaired) electrons. The third-order valence-electron chi connectivity index (χ3n) is 3.65.